The molecular weight excluding hydrogens is 432 g/mol. The van der Waals surface area contributed by atoms with Crippen molar-refractivity contribution in [2.75, 3.05) is 19.4 Å². The summed E-state index contributed by atoms with van der Waals surface area (Å²) in [6.07, 6.45) is 0.802. The molecule has 1 N–H and O–H groups in total. The van der Waals surface area contributed by atoms with Crippen LogP contribution in [0, 0.1) is 6.92 Å². The maximum atomic E-state index is 12.4. The lowest BCUT2D eigenvalue weighted by Crippen LogP contribution is -2.27. The second kappa shape index (κ2) is 10.8. The van der Waals surface area contributed by atoms with Crippen molar-refractivity contribution in [2.24, 2.45) is 0 Å². The van der Waals surface area contributed by atoms with Gasteiger partial charge in [0.1, 0.15) is 5.75 Å². The monoisotopic (exact) mass is 458 g/mol. The number of nitrogens with one attached hydrogen (secondary N) is 1. The molecule has 3 aromatic carbocycles. The highest BCUT2D eigenvalue weighted by atomic mass is 32.2. The highest BCUT2D eigenvalue weighted by Gasteiger charge is 2.17. The Balaban J connectivity index is 1.49. The first kappa shape index (κ1) is 22.6. The molecule has 1 amide bonds. The number of aromatic nitrogens is 3. The molecule has 1 heterocycles. The summed E-state index contributed by atoms with van der Waals surface area (Å²) < 4.78 is 7.27. The molecule has 0 aliphatic heterocycles. The van der Waals surface area contributed by atoms with E-state index in [1.54, 1.807) is 7.11 Å². The summed E-state index contributed by atoms with van der Waals surface area (Å²) in [6.45, 7) is 2.65. The van der Waals surface area contributed by atoms with Crippen LogP contribution in [0.4, 0.5) is 0 Å². The molecular formula is C26H26N4O2S. The number of benzene rings is 3. The van der Waals surface area contributed by atoms with Crippen molar-refractivity contribution in [3.05, 3.63) is 90.0 Å². The molecule has 0 fully saturated rings. The third-order valence-electron chi connectivity index (χ3n) is 5.18. The van der Waals surface area contributed by atoms with Crippen molar-refractivity contribution in [1.82, 2.24) is 20.1 Å². The van der Waals surface area contributed by atoms with Crippen LogP contribution in [0.15, 0.2) is 84.0 Å². The Kier molecular flexibility index (Phi) is 7.42. The second-order valence-electron chi connectivity index (χ2n) is 7.58. The number of amides is 1. The lowest BCUT2D eigenvalue weighted by molar-refractivity contribution is -0.118. The molecule has 33 heavy (non-hydrogen) atoms. The zero-order valence-corrected chi connectivity index (χ0v) is 19.5. The molecule has 0 aliphatic carbocycles. The van der Waals surface area contributed by atoms with Crippen LogP contribution in [0.2, 0.25) is 0 Å². The number of ether oxygens (including phenoxy) is 1. The Bertz CT molecular complexity index is 1190. The normalized spacial score (nSPS) is 10.7. The smallest absolute Gasteiger partial charge is 0.230 e. The Hall–Kier alpha value is -3.58. The molecule has 168 valence electrons. The van der Waals surface area contributed by atoms with Crippen molar-refractivity contribution in [3.63, 3.8) is 0 Å². The zero-order chi connectivity index (χ0) is 23.0. The van der Waals surface area contributed by atoms with Crippen LogP contribution in [-0.4, -0.2) is 40.1 Å². The molecule has 0 bridgehead atoms. The first-order chi connectivity index (χ1) is 16.1. The van der Waals surface area contributed by atoms with E-state index < -0.39 is 0 Å². The highest BCUT2D eigenvalue weighted by Crippen LogP contribution is 2.29. The van der Waals surface area contributed by atoms with Gasteiger partial charge in [0.25, 0.3) is 0 Å². The lowest BCUT2D eigenvalue weighted by atomic mass is 10.1. The molecule has 7 heteroatoms. The van der Waals surface area contributed by atoms with E-state index in [-0.39, 0.29) is 11.7 Å². The van der Waals surface area contributed by atoms with E-state index in [0.29, 0.717) is 11.7 Å². The van der Waals surface area contributed by atoms with Crippen LogP contribution in [0.1, 0.15) is 11.1 Å². The van der Waals surface area contributed by atoms with Crippen molar-refractivity contribution >= 4 is 17.7 Å². The SMILES string of the molecule is COc1ccc(-n2c(SCC(=O)NCCc3ccccc3)nnc2-c2ccc(C)cc2)cc1. The van der Waals surface area contributed by atoms with Crippen LogP contribution in [0.3, 0.4) is 0 Å². The summed E-state index contributed by atoms with van der Waals surface area (Å²) in [5.74, 6) is 1.73. The summed E-state index contributed by atoms with van der Waals surface area (Å²) in [6, 6.07) is 26.0. The molecule has 0 spiro atoms. The maximum Gasteiger partial charge on any atom is 0.230 e. The quantitative estimate of drug-likeness (QED) is 0.368. The Labute approximate surface area is 198 Å². The highest BCUT2D eigenvalue weighted by molar-refractivity contribution is 7.99. The topological polar surface area (TPSA) is 69.0 Å². The Morgan fingerprint density at radius 2 is 1.70 bits per heavy atom. The Morgan fingerprint density at radius 3 is 2.39 bits per heavy atom. The van der Waals surface area contributed by atoms with Crippen LogP contribution in [0.5, 0.6) is 5.75 Å². The van der Waals surface area contributed by atoms with Crippen LogP contribution >= 0.6 is 11.8 Å². The van der Waals surface area contributed by atoms with E-state index in [1.807, 2.05) is 59.2 Å². The number of carbonyl (C=O) groups excluding carboxylic acids is 1. The van der Waals surface area contributed by atoms with Crippen molar-refractivity contribution in [2.45, 2.75) is 18.5 Å². The molecule has 1 aromatic heterocycles. The fourth-order valence-corrected chi connectivity index (χ4v) is 4.17. The van der Waals surface area contributed by atoms with Crippen molar-refractivity contribution in [1.29, 1.82) is 0 Å². The van der Waals surface area contributed by atoms with Crippen LogP contribution in [0.25, 0.3) is 17.1 Å². The number of hydrogen-bond acceptors (Lipinski definition) is 5. The van der Waals surface area contributed by atoms with Gasteiger partial charge in [-0.1, -0.05) is 71.9 Å². The number of hydrogen-bond donors (Lipinski definition) is 1. The number of nitrogens with zero attached hydrogens (tertiary/aromatic N) is 3. The van der Waals surface area contributed by atoms with E-state index in [9.17, 15) is 4.79 Å². The number of aryl methyl sites for hydroxylation is 1. The first-order valence-electron chi connectivity index (χ1n) is 10.7. The molecule has 0 atom stereocenters. The van der Waals surface area contributed by atoms with Gasteiger partial charge >= 0.3 is 0 Å². The largest absolute Gasteiger partial charge is 0.497 e. The minimum atomic E-state index is -0.0305. The van der Waals surface area contributed by atoms with Gasteiger partial charge in [-0.25, -0.2) is 0 Å². The van der Waals surface area contributed by atoms with Gasteiger partial charge in [-0.05, 0) is 43.2 Å². The van der Waals surface area contributed by atoms with E-state index in [2.05, 4.69) is 46.7 Å². The van der Waals surface area contributed by atoms with E-state index in [4.69, 9.17) is 4.74 Å². The minimum absolute atomic E-state index is 0.0305. The van der Waals surface area contributed by atoms with Gasteiger partial charge in [0.15, 0.2) is 11.0 Å². The number of carbonyl (C=O) groups is 1. The van der Waals surface area contributed by atoms with Gasteiger partial charge < -0.3 is 10.1 Å². The predicted molar refractivity (Wildman–Crippen MR) is 132 cm³/mol. The molecule has 0 radical (unpaired) electrons. The van der Waals surface area contributed by atoms with Crippen molar-refractivity contribution in [3.8, 4) is 22.8 Å². The third-order valence-corrected chi connectivity index (χ3v) is 6.11. The minimum Gasteiger partial charge on any atom is -0.497 e. The van der Waals surface area contributed by atoms with E-state index in [0.717, 1.165) is 29.2 Å². The summed E-state index contributed by atoms with van der Waals surface area (Å²) in [5.41, 5.74) is 4.25. The van der Waals surface area contributed by atoms with Crippen LogP contribution in [-0.2, 0) is 11.2 Å². The van der Waals surface area contributed by atoms with Crippen molar-refractivity contribution < 1.29 is 9.53 Å². The van der Waals surface area contributed by atoms with Gasteiger partial charge in [0.2, 0.25) is 5.91 Å². The number of thioether (sulfide) groups is 1. The molecule has 6 nitrogen and oxygen atoms in total. The van der Waals surface area contributed by atoms with Gasteiger partial charge in [-0.3, -0.25) is 9.36 Å². The fraction of sp³-hybridized carbons (Fsp3) is 0.192. The predicted octanol–water partition coefficient (Wildman–Crippen LogP) is 4.70. The third kappa shape index (κ3) is 5.81. The second-order valence-corrected chi connectivity index (χ2v) is 8.52. The maximum absolute atomic E-state index is 12.4. The molecule has 0 aliphatic rings. The zero-order valence-electron chi connectivity index (χ0n) is 18.7. The average molecular weight is 459 g/mol. The number of rotatable bonds is 9. The van der Waals surface area contributed by atoms with Gasteiger partial charge in [0.05, 0.1) is 12.9 Å². The molecule has 4 rings (SSSR count). The summed E-state index contributed by atoms with van der Waals surface area (Å²) in [7, 11) is 1.64. The fourth-order valence-electron chi connectivity index (χ4n) is 3.39. The summed E-state index contributed by atoms with van der Waals surface area (Å²) in [4.78, 5) is 12.4. The first-order valence-corrected chi connectivity index (χ1v) is 11.7. The van der Waals surface area contributed by atoms with E-state index >= 15 is 0 Å². The average Bonchev–Trinajstić information content (AvgIpc) is 3.28. The summed E-state index contributed by atoms with van der Waals surface area (Å²) >= 11 is 1.37. The standard InChI is InChI=1S/C26H26N4O2S/c1-19-8-10-21(11-9-19)25-28-29-26(30(25)22-12-14-23(32-2)15-13-22)33-18-24(31)27-17-16-20-6-4-3-5-7-20/h3-15H,16-18H2,1-2H3,(H,27,31). The number of methoxy groups -OCH3 is 1. The lowest BCUT2D eigenvalue weighted by Gasteiger charge is -2.11. The van der Waals surface area contributed by atoms with Crippen LogP contribution < -0.4 is 10.1 Å². The van der Waals surface area contributed by atoms with Gasteiger partial charge in [0, 0.05) is 17.8 Å². The van der Waals surface area contributed by atoms with Gasteiger partial charge in [-0.15, -0.1) is 10.2 Å². The molecule has 0 saturated carbocycles. The summed E-state index contributed by atoms with van der Waals surface area (Å²) in [5, 5.41) is 12.5. The molecule has 0 unspecified atom stereocenters. The van der Waals surface area contributed by atoms with E-state index in [1.165, 1.54) is 22.9 Å². The molecule has 4 aromatic rings. The molecule has 0 saturated heterocycles. The Morgan fingerprint density at radius 1 is 0.970 bits per heavy atom. The van der Waals surface area contributed by atoms with Gasteiger partial charge in [-0.2, -0.15) is 0 Å².